The molecule has 0 spiro atoms. The molecule has 0 aliphatic heterocycles. The number of para-hydroxylation sites is 3. The van der Waals surface area contributed by atoms with Gasteiger partial charge in [-0.15, -0.1) is 0 Å². The summed E-state index contributed by atoms with van der Waals surface area (Å²) in [5, 5.41) is 16.0. The number of rotatable bonds is 5. The summed E-state index contributed by atoms with van der Waals surface area (Å²) in [5.74, 6) is -1.31. The number of phenols is 1. The first-order chi connectivity index (χ1) is 12.1. The molecule has 0 aliphatic rings. The number of nitrogens with one attached hydrogen (secondary N) is 2. The number of carbonyl (C=O) groups excluding carboxylic acids is 2. The normalized spacial score (nSPS) is 10.3. The van der Waals surface area contributed by atoms with Crippen molar-refractivity contribution in [2.45, 2.75) is 0 Å². The standard InChI is InChI=1S/C17H17N3O5/c1-24-13-8-4-3-7-12(13)19-16(22)17(23)20-18-10-11-6-5-9-14(25-2)15(11)21/h3-10,21H,1-2H3,(H,19,22)(H,20,23)/b18-10-. The molecule has 130 valence electrons. The zero-order valence-electron chi connectivity index (χ0n) is 13.6. The topological polar surface area (TPSA) is 109 Å². The van der Waals surface area contributed by atoms with Gasteiger partial charge in [0.05, 0.1) is 26.1 Å². The molecule has 8 heteroatoms. The van der Waals surface area contributed by atoms with Gasteiger partial charge in [-0.25, -0.2) is 5.43 Å². The number of carbonyl (C=O) groups is 2. The van der Waals surface area contributed by atoms with Gasteiger partial charge in [-0.05, 0) is 24.3 Å². The Hall–Kier alpha value is -3.55. The zero-order valence-corrected chi connectivity index (χ0v) is 13.6. The lowest BCUT2D eigenvalue weighted by molar-refractivity contribution is -0.136. The molecule has 0 fully saturated rings. The number of ether oxygens (including phenoxy) is 2. The summed E-state index contributed by atoms with van der Waals surface area (Å²) in [6, 6.07) is 11.5. The predicted octanol–water partition coefficient (Wildman–Crippen LogP) is 1.50. The highest BCUT2D eigenvalue weighted by Crippen LogP contribution is 2.27. The van der Waals surface area contributed by atoms with Crippen LogP contribution in [0.25, 0.3) is 0 Å². The third-order valence-corrected chi connectivity index (χ3v) is 3.18. The number of hydrogen-bond acceptors (Lipinski definition) is 6. The first-order valence-electron chi connectivity index (χ1n) is 7.20. The van der Waals surface area contributed by atoms with E-state index in [0.717, 1.165) is 0 Å². The number of nitrogens with zero attached hydrogens (tertiary/aromatic N) is 1. The predicted molar refractivity (Wildman–Crippen MR) is 92.0 cm³/mol. The lowest BCUT2D eigenvalue weighted by atomic mass is 10.2. The maximum absolute atomic E-state index is 11.9. The Bertz CT molecular complexity index is 805. The number of methoxy groups -OCH3 is 2. The number of amides is 2. The molecule has 25 heavy (non-hydrogen) atoms. The molecule has 0 aromatic heterocycles. The molecule has 8 nitrogen and oxygen atoms in total. The van der Waals surface area contributed by atoms with Crippen LogP contribution in [0.1, 0.15) is 5.56 Å². The molecular formula is C17H17N3O5. The van der Waals surface area contributed by atoms with E-state index in [4.69, 9.17) is 9.47 Å². The van der Waals surface area contributed by atoms with Crippen molar-refractivity contribution in [2.24, 2.45) is 5.10 Å². The van der Waals surface area contributed by atoms with E-state index in [9.17, 15) is 14.7 Å². The van der Waals surface area contributed by atoms with Gasteiger partial charge in [-0.1, -0.05) is 18.2 Å². The molecule has 0 radical (unpaired) electrons. The van der Waals surface area contributed by atoms with Gasteiger partial charge >= 0.3 is 11.8 Å². The van der Waals surface area contributed by atoms with Gasteiger partial charge in [0.15, 0.2) is 11.5 Å². The van der Waals surface area contributed by atoms with Gasteiger partial charge in [0.2, 0.25) is 0 Å². The fourth-order valence-corrected chi connectivity index (χ4v) is 1.95. The van der Waals surface area contributed by atoms with Crippen LogP contribution in [0.15, 0.2) is 47.6 Å². The summed E-state index contributed by atoms with van der Waals surface area (Å²) < 4.78 is 10.0. The van der Waals surface area contributed by atoms with Crippen molar-refractivity contribution < 1.29 is 24.2 Å². The lowest BCUT2D eigenvalue weighted by Crippen LogP contribution is -2.32. The summed E-state index contributed by atoms with van der Waals surface area (Å²) >= 11 is 0. The van der Waals surface area contributed by atoms with Crippen LogP contribution in [0.5, 0.6) is 17.2 Å². The van der Waals surface area contributed by atoms with Crippen LogP contribution in [0, 0.1) is 0 Å². The van der Waals surface area contributed by atoms with E-state index >= 15 is 0 Å². The molecule has 2 amide bonds. The number of phenolic OH excluding ortho intramolecular Hbond substituents is 1. The van der Waals surface area contributed by atoms with Crippen LogP contribution >= 0.6 is 0 Å². The molecule has 0 saturated carbocycles. The zero-order chi connectivity index (χ0) is 18.2. The summed E-state index contributed by atoms with van der Waals surface area (Å²) in [6.45, 7) is 0. The Balaban J connectivity index is 1.99. The van der Waals surface area contributed by atoms with Crippen molar-refractivity contribution in [3.8, 4) is 17.2 Å². The summed E-state index contributed by atoms with van der Waals surface area (Å²) in [5.41, 5.74) is 2.76. The number of aromatic hydroxyl groups is 1. The second-order valence-electron chi connectivity index (χ2n) is 4.75. The average Bonchev–Trinajstić information content (AvgIpc) is 2.63. The van der Waals surface area contributed by atoms with E-state index in [1.807, 2.05) is 0 Å². The number of hydrazone groups is 1. The lowest BCUT2D eigenvalue weighted by Gasteiger charge is -2.08. The van der Waals surface area contributed by atoms with Gasteiger partial charge in [0.25, 0.3) is 0 Å². The Labute approximate surface area is 144 Å². The highest BCUT2D eigenvalue weighted by molar-refractivity contribution is 6.39. The van der Waals surface area contributed by atoms with Crippen molar-refractivity contribution in [3.05, 3.63) is 48.0 Å². The van der Waals surface area contributed by atoms with Crippen LogP contribution in [-0.4, -0.2) is 37.4 Å². The number of benzene rings is 2. The van der Waals surface area contributed by atoms with Gasteiger partial charge in [0, 0.05) is 5.56 Å². The number of hydrogen-bond donors (Lipinski definition) is 3. The second-order valence-corrected chi connectivity index (χ2v) is 4.75. The van der Waals surface area contributed by atoms with E-state index in [1.165, 1.54) is 20.4 Å². The minimum Gasteiger partial charge on any atom is -0.504 e. The summed E-state index contributed by atoms with van der Waals surface area (Å²) in [4.78, 5) is 23.6. The van der Waals surface area contributed by atoms with E-state index in [-0.39, 0.29) is 11.5 Å². The molecule has 0 atom stereocenters. The molecule has 0 bridgehead atoms. The maximum atomic E-state index is 11.9. The highest BCUT2D eigenvalue weighted by atomic mass is 16.5. The quantitative estimate of drug-likeness (QED) is 0.433. The Morgan fingerprint density at radius 3 is 2.40 bits per heavy atom. The first-order valence-corrected chi connectivity index (χ1v) is 7.20. The third-order valence-electron chi connectivity index (χ3n) is 3.18. The number of anilines is 1. The molecular weight excluding hydrogens is 326 g/mol. The molecule has 2 rings (SSSR count). The average molecular weight is 343 g/mol. The van der Waals surface area contributed by atoms with E-state index < -0.39 is 11.8 Å². The fraction of sp³-hybridized carbons (Fsp3) is 0.118. The highest BCUT2D eigenvalue weighted by Gasteiger charge is 2.15. The Morgan fingerprint density at radius 1 is 1.00 bits per heavy atom. The molecule has 0 aliphatic carbocycles. The van der Waals surface area contributed by atoms with Crippen molar-refractivity contribution >= 4 is 23.7 Å². The molecule has 0 unspecified atom stereocenters. The Kier molecular flexibility index (Phi) is 5.94. The molecule has 0 heterocycles. The summed E-state index contributed by atoms with van der Waals surface area (Å²) in [6.07, 6.45) is 1.20. The maximum Gasteiger partial charge on any atom is 0.329 e. The SMILES string of the molecule is COc1ccccc1NC(=O)C(=O)N/N=C\c1cccc(OC)c1O. The van der Waals surface area contributed by atoms with Crippen LogP contribution in [0.4, 0.5) is 5.69 Å². The monoisotopic (exact) mass is 343 g/mol. The van der Waals surface area contributed by atoms with Crippen molar-refractivity contribution in [1.29, 1.82) is 0 Å². The Morgan fingerprint density at radius 2 is 1.68 bits per heavy atom. The van der Waals surface area contributed by atoms with Crippen LogP contribution in [0.2, 0.25) is 0 Å². The van der Waals surface area contributed by atoms with Crippen LogP contribution < -0.4 is 20.2 Å². The van der Waals surface area contributed by atoms with Gasteiger partial charge < -0.3 is 19.9 Å². The smallest absolute Gasteiger partial charge is 0.329 e. The van der Waals surface area contributed by atoms with Crippen molar-refractivity contribution in [1.82, 2.24) is 5.43 Å². The first kappa shape index (κ1) is 17.8. The van der Waals surface area contributed by atoms with E-state index in [1.54, 1.807) is 42.5 Å². The van der Waals surface area contributed by atoms with Crippen molar-refractivity contribution in [2.75, 3.05) is 19.5 Å². The summed E-state index contributed by atoms with van der Waals surface area (Å²) in [7, 11) is 2.87. The fourth-order valence-electron chi connectivity index (χ4n) is 1.95. The van der Waals surface area contributed by atoms with E-state index in [2.05, 4.69) is 15.8 Å². The van der Waals surface area contributed by atoms with Gasteiger partial charge in [-0.2, -0.15) is 5.10 Å². The molecule has 2 aromatic rings. The molecule has 0 saturated heterocycles. The molecule has 2 aromatic carbocycles. The second kappa shape index (κ2) is 8.34. The van der Waals surface area contributed by atoms with Crippen molar-refractivity contribution in [3.63, 3.8) is 0 Å². The van der Waals surface area contributed by atoms with Crippen LogP contribution in [-0.2, 0) is 9.59 Å². The van der Waals surface area contributed by atoms with Crippen LogP contribution in [0.3, 0.4) is 0 Å². The van der Waals surface area contributed by atoms with E-state index in [0.29, 0.717) is 17.0 Å². The minimum absolute atomic E-state index is 0.124. The molecule has 3 N–H and O–H groups in total. The largest absolute Gasteiger partial charge is 0.504 e. The minimum atomic E-state index is -0.968. The van der Waals surface area contributed by atoms with Gasteiger partial charge in [-0.3, -0.25) is 9.59 Å². The van der Waals surface area contributed by atoms with Gasteiger partial charge in [0.1, 0.15) is 5.75 Å². The third kappa shape index (κ3) is 4.47.